The highest BCUT2D eigenvalue weighted by Crippen LogP contribution is 2.32. The molecule has 3 heterocycles. The second kappa shape index (κ2) is 9.02. The number of amides is 1. The van der Waals surface area contributed by atoms with Crippen molar-refractivity contribution < 1.29 is 9.53 Å². The van der Waals surface area contributed by atoms with Crippen molar-refractivity contribution in [1.29, 1.82) is 0 Å². The minimum absolute atomic E-state index is 0.0359. The Hall–Kier alpha value is -1.73. The van der Waals surface area contributed by atoms with E-state index in [1.165, 1.54) is 25.7 Å². The Labute approximate surface area is 184 Å². The number of H-pyrrole nitrogens is 1. The van der Waals surface area contributed by atoms with Crippen molar-refractivity contribution in [3.63, 3.8) is 0 Å². The summed E-state index contributed by atoms with van der Waals surface area (Å²) in [6, 6.07) is 0.658. The van der Waals surface area contributed by atoms with Gasteiger partial charge in [-0.1, -0.05) is 12.8 Å². The van der Waals surface area contributed by atoms with E-state index in [2.05, 4.69) is 9.88 Å². The average molecular weight is 429 g/mol. The van der Waals surface area contributed by atoms with Crippen LogP contribution >= 0.6 is 0 Å². The number of ether oxygens (including phenoxy) is 1. The molecule has 0 bridgehead atoms. The van der Waals surface area contributed by atoms with Crippen LogP contribution in [0, 0.1) is 5.92 Å². The van der Waals surface area contributed by atoms with E-state index in [0.717, 1.165) is 75.2 Å². The summed E-state index contributed by atoms with van der Waals surface area (Å²) in [7, 11) is 1.76. The van der Waals surface area contributed by atoms with Gasteiger partial charge in [0.2, 0.25) is 5.91 Å². The molecule has 7 heteroatoms. The van der Waals surface area contributed by atoms with E-state index >= 15 is 0 Å². The third-order valence-corrected chi connectivity index (χ3v) is 8.21. The lowest BCUT2D eigenvalue weighted by Gasteiger charge is -2.33. The lowest BCUT2D eigenvalue weighted by Crippen LogP contribution is -2.41. The Balaban J connectivity index is 1.25. The summed E-state index contributed by atoms with van der Waals surface area (Å²) in [5.41, 5.74) is 1.88. The third kappa shape index (κ3) is 4.31. The molecule has 2 saturated carbocycles. The molecule has 1 N–H and O–H groups in total. The topological polar surface area (TPSA) is 78.5 Å². The zero-order chi connectivity index (χ0) is 21.4. The number of hydrogen-bond acceptors (Lipinski definition) is 5. The van der Waals surface area contributed by atoms with Crippen LogP contribution in [0.3, 0.4) is 0 Å². The normalized spacial score (nSPS) is 30.0. The van der Waals surface area contributed by atoms with E-state index in [9.17, 15) is 9.59 Å². The van der Waals surface area contributed by atoms with Crippen LogP contribution in [0.5, 0.6) is 0 Å². The van der Waals surface area contributed by atoms with Gasteiger partial charge in [-0.25, -0.2) is 4.98 Å². The summed E-state index contributed by atoms with van der Waals surface area (Å²) in [6.45, 7) is 3.22. The Morgan fingerprint density at radius 1 is 1.06 bits per heavy atom. The molecule has 1 saturated heterocycles. The molecule has 1 aromatic rings. The van der Waals surface area contributed by atoms with Gasteiger partial charge in [0.15, 0.2) is 0 Å². The molecule has 1 aromatic heterocycles. The van der Waals surface area contributed by atoms with Crippen LogP contribution in [0.4, 0.5) is 0 Å². The van der Waals surface area contributed by atoms with Crippen molar-refractivity contribution in [1.82, 2.24) is 19.8 Å². The lowest BCUT2D eigenvalue weighted by molar-refractivity contribution is -0.136. The van der Waals surface area contributed by atoms with Crippen LogP contribution in [0.15, 0.2) is 4.79 Å². The van der Waals surface area contributed by atoms with E-state index < -0.39 is 0 Å². The quantitative estimate of drug-likeness (QED) is 0.798. The Morgan fingerprint density at radius 2 is 1.84 bits per heavy atom. The molecule has 1 unspecified atom stereocenters. The van der Waals surface area contributed by atoms with Crippen molar-refractivity contribution >= 4 is 5.91 Å². The number of nitrogens with zero attached hydrogens (tertiary/aromatic N) is 3. The molecule has 3 fully saturated rings. The number of aromatic amines is 1. The van der Waals surface area contributed by atoms with Crippen LogP contribution in [0.2, 0.25) is 0 Å². The van der Waals surface area contributed by atoms with E-state index in [1.807, 2.05) is 4.90 Å². The van der Waals surface area contributed by atoms with Crippen LogP contribution in [-0.4, -0.2) is 64.6 Å². The smallest absolute Gasteiger partial charge is 0.254 e. The van der Waals surface area contributed by atoms with Gasteiger partial charge in [-0.3, -0.25) is 14.5 Å². The second-order valence-corrected chi connectivity index (χ2v) is 10.0. The molecule has 1 amide bonds. The van der Waals surface area contributed by atoms with E-state index in [-0.39, 0.29) is 23.3 Å². The average Bonchev–Trinajstić information content (AvgIpc) is 3.51. The fraction of sp³-hybridized carbons (Fsp3) is 0.792. The number of fused-ring (bicyclic) bond motifs is 1. The minimum atomic E-state index is 0.0359. The monoisotopic (exact) mass is 428 g/mol. The molecular weight excluding hydrogens is 392 g/mol. The first-order valence-electron chi connectivity index (χ1n) is 12.3. The zero-order valence-corrected chi connectivity index (χ0v) is 18.8. The zero-order valence-electron chi connectivity index (χ0n) is 18.8. The summed E-state index contributed by atoms with van der Waals surface area (Å²) in [5, 5.41) is 0. The van der Waals surface area contributed by atoms with Crippen molar-refractivity contribution in [2.24, 2.45) is 5.92 Å². The number of carbonyl (C=O) groups excluding carboxylic acids is 1. The SMILES string of the molecule is COC1CCC(C(=O)N2CCC(c3nc4c(c(=O)[nH]3)CCN(C3CCCC3)C4)C2)CC1. The molecule has 4 aliphatic rings. The Morgan fingerprint density at radius 3 is 2.58 bits per heavy atom. The van der Waals surface area contributed by atoms with Crippen LogP contribution in [0.25, 0.3) is 0 Å². The van der Waals surface area contributed by atoms with Gasteiger partial charge >= 0.3 is 0 Å². The van der Waals surface area contributed by atoms with Gasteiger partial charge in [0.05, 0.1) is 11.8 Å². The molecule has 0 radical (unpaired) electrons. The first-order chi connectivity index (χ1) is 15.1. The lowest BCUT2D eigenvalue weighted by atomic mass is 9.86. The van der Waals surface area contributed by atoms with Gasteiger partial charge < -0.3 is 14.6 Å². The fourth-order valence-corrected chi connectivity index (χ4v) is 6.24. The maximum absolute atomic E-state index is 13.0. The summed E-state index contributed by atoms with van der Waals surface area (Å²) in [6.07, 6.45) is 11.0. The highest BCUT2D eigenvalue weighted by molar-refractivity contribution is 5.79. The van der Waals surface area contributed by atoms with Gasteiger partial charge in [0.1, 0.15) is 5.82 Å². The minimum Gasteiger partial charge on any atom is -0.381 e. The molecule has 0 spiro atoms. The molecule has 170 valence electrons. The number of hydrogen-bond donors (Lipinski definition) is 1. The summed E-state index contributed by atoms with van der Waals surface area (Å²) in [4.78, 5) is 38.4. The highest BCUT2D eigenvalue weighted by Gasteiger charge is 2.35. The molecule has 1 atom stereocenters. The van der Waals surface area contributed by atoms with E-state index in [4.69, 9.17) is 9.72 Å². The van der Waals surface area contributed by atoms with Gasteiger partial charge in [0, 0.05) is 56.7 Å². The number of methoxy groups -OCH3 is 1. The van der Waals surface area contributed by atoms with E-state index in [0.29, 0.717) is 18.7 Å². The first-order valence-corrected chi connectivity index (χ1v) is 12.3. The van der Waals surface area contributed by atoms with Crippen LogP contribution < -0.4 is 5.56 Å². The van der Waals surface area contributed by atoms with Crippen LogP contribution in [-0.2, 0) is 22.5 Å². The third-order valence-electron chi connectivity index (χ3n) is 8.21. The van der Waals surface area contributed by atoms with Crippen molar-refractivity contribution in [3.8, 4) is 0 Å². The molecule has 0 aromatic carbocycles. The summed E-state index contributed by atoms with van der Waals surface area (Å²) < 4.78 is 5.45. The molecule has 31 heavy (non-hydrogen) atoms. The Bertz CT molecular complexity index is 855. The molecule has 5 rings (SSSR count). The number of likely N-dealkylation sites (tertiary alicyclic amines) is 1. The number of nitrogens with one attached hydrogen (secondary N) is 1. The molecule has 7 nitrogen and oxygen atoms in total. The first kappa shape index (κ1) is 21.1. The largest absolute Gasteiger partial charge is 0.381 e. The summed E-state index contributed by atoms with van der Waals surface area (Å²) >= 11 is 0. The molecule has 2 aliphatic carbocycles. The van der Waals surface area contributed by atoms with Crippen LogP contribution in [0.1, 0.15) is 80.8 Å². The standard InChI is InChI=1S/C24H36N4O3/c1-31-19-8-6-16(7-9-19)24(30)28-12-10-17(14-28)22-25-21-15-27(18-4-2-3-5-18)13-11-20(21)23(29)26-22/h16-19H,2-15H2,1H3,(H,25,26,29). The maximum atomic E-state index is 13.0. The predicted molar refractivity (Wildman–Crippen MR) is 118 cm³/mol. The number of rotatable bonds is 4. The summed E-state index contributed by atoms with van der Waals surface area (Å²) in [5.74, 6) is 1.33. The Kier molecular flexibility index (Phi) is 6.15. The van der Waals surface area contributed by atoms with Gasteiger partial charge in [0.25, 0.3) is 5.56 Å². The van der Waals surface area contributed by atoms with Crippen molar-refractivity contribution in [3.05, 3.63) is 27.4 Å². The van der Waals surface area contributed by atoms with Crippen molar-refractivity contribution in [2.45, 2.75) is 88.8 Å². The van der Waals surface area contributed by atoms with Gasteiger partial charge in [-0.05, 0) is 51.4 Å². The van der Waals surface area contributed by atoms with Gasteiger partial charge in [-0.15, -0.1) is 0 Å². The molecule has 2 aliphatic heterocycles. The number of carbonyl (C=O) groups is 1. The second-order valence-electron chi connectivity index (χ2n) is 10.0. The predicted octanol–water partition coefficient (Wildman–Crippen LogP) is 2.59. The van der Waals surface area contributed by atoms with Gasteiger partial charge in [-0.2, -0.15) is 0 Å². The highest BCUT2D eigenvalue weighted by atomic mass is 16.5. The van der Waals surface area contributed by atoms with E-state index in [1.54, 1.807) is 7.11 Å². The maximum Gasteiger partial charge on any atom is 0.254 e. The van der Waals surface area contributed by atoms with Crippen molar-refractivity contribution in [2.75, 3.05) is 26.7 Å². The fourth-order valence-electron chi connectivity index (χ4n) is 6.24. The number of aromatic nitrogens is 2. The molecular formula is C24H36N4O3.